The smallest absolute Gasteiger partial charge is 0.186 e. The van der Waals surface area contributed by atoms with Crippen molar-refractivity contribution in [1.29, 1.82) is 0 Å². The van der Waals surface area contributed by atoms with E-state index >= 15 is 0 Å². The predicted octanol–water partition coefficient (Wildman–Crippen LogP) is 5.31. The van der Waals surface area contributed by atoms with Crippen LogP contribution in [-0.2, 0) is 6.42 Å². The first-order valence-electron chi connectivity index (χ1n) is 8.96. The second-order valence-electron chi connectivity index (χ2n) is 6.42. The van der Waals surface area contributed by atoms with E-state index in [9.17, 15) is 0 Å². The van der Waals surface area contributed by atoms with Gasteiger partial charge in [0.05, 0.1) is 5.52 Å². The summed E-state index contributed by atoms with van der Waals surface area (Å²) >= 11 is 7.94. The van der Waals surface area contributed by atoms with Gasteiger partial charge in [-0.05, 0) is 42.1 Å². The lowest BCUT2D eigenvalue weighted by Crippen LogP contribution is -2.08. The molecule has 0 aliphatic heterocycles. The minimum absolute atomic E-state index is 0.661. The highest BCUT2D eigenvalue weighted by Gasteiger charge is 2.15. The third-order valence-corrected chi connectivity index (χ3v) is 5.76. The average Bonchev–Trinajstić information content (AvgIpc) is 3.38. The number of rotatable bonds is 5. The van der Waals surface area contributed by atoms with Gasteiger partial charge in [-0.3, -0.25) is 0 Å². The van der Waals surface area contributed by atoms with Crippen LogP contribution < -0.4 is 5.32 Å². The number of anilines is 1. The van der Waals surface area contributed by atoms with E-state index in [4.69, 9.17) is 16.6 Å². The summed E-state index contributed by atoms with van der Waals surface area (Å²) in [5.41, 5.74) is 3.29. The summed E-state index contributed by atoms with van der Waals surface area (Å²) in [6.45, 7) is 0.807. The zero-order valence-corrected chi connectivity index (χ0v) is 16.4. The number of hydrogen-bond donors (Lipinski definition) is 1. The molecule has 0 bridgehead atoms. The summed E-state index contributed by atoms with van der Waals surface area (Å²) in [6.07, 6.45) is 0.956. The molecule has 1 N–H and O–H groups in total. The van der Waals surface area contributed by atoms with Gasteiger partial charge in [-0.2, -0.15) is 4.52 Å². The molecule has 0 aliphatic rings. The summed E-state index contributed by atoms with van der Waals surface area (Å²) in [5.74, 6) is 0.838. The van der Waals surface area contributed by atoms with E-state index in [1.54, 1.807) is 15.9 Å². The highest BCUT2D eigenvalue weighted by Crippen LogP contribution is 2.29. The fraction of sp³-hybridized carbons (Fsp3) is 0.0952. The second kappa shape index (κ2) is 7.22. The Bertz CT molecular complexity index is 1260. The van der Waals surface area contributed by atoms with Gasteiger partial charge in [-0.15, -0.1) is 16.4 Å². The van der Waals surface area contributed by atoms with Crippen LogP contribution >= 0.6 is 22.9 Å². The van der Waals surface area contributed by atoms with Crippen LogP contribution in [0.3, 0.4) is 0 Å². The first-order valence-corrected chi connectivity index (χ1v) is 10.2. The van der Waals surface area contributed by atoms with Crippen LogP contribution in [-0.4, -0.2) is 26.4 Å². The molecule has 0 spiro atoms. The number of fused-ring (bicyclic) bond motifs is 3. The molecule has 2 aromatic carbocycles. The van der Waals surface area contributed by atoms with Crippen LogP contribution in [0, 0.1) is 0 Å². The van der Waals surface area contributed by atoms with E-state index in [2.05, 4.69) is 39.2 Å². The molecule has 0 aliphatic carbocycles. The van der Waals surface area contributed by atoms with E-state index in [0.717, 1.165) is 40.9 Å². The third kappa shape index (κ3) is 3.10. The van der Waals surface area contributed by atoms with Crippen LogP contribution in [0.1, 0.15) is 4.88 Å². The second-order valence-corrected chi connectivity index (χ2v) is 7.89. The van der Waals surface area contributed by atoms with Gasteiger partial charge in [0.2, 0.25) is 0 Å². The molecular formula is C21H16ClN5S. The molecule has 0 fully saturated rings. The first kappa shape index (κ1) is 17.2. The Balaban J connectivity index is 1.60. The van der Waals surface area contributed by atoms with Gasteiger partial charge in [0.1, 0.15) is 11.5 Å². The fourth-order valence-corrected chi connectivity index (χ4v) is 4.18. The Labute approximate surface area is 170 Å². The third-order valence-electron chi connectivity index (χ3n) is 4.59. The molecule has 3 aromatic heterocycles. The minimum Gasteiger partial charge on any atom is -0.369 e. The van der Waals surface area contributed by atoms with Gasteiger partial charge in [-0.1, -0.05) is 47.1 Å². The average molecular weight is 406 g/mol. The maximum atomic E-state index is 6.17. The largest absolute Gasteiger partial charge is 0.369 e. The Hall–Kier alpha value is -2.96. The molecular weight excluding hydrogens is 390 g/mol. The van der Waals surface area contributed by atoms with Crippen molar-refractivity contribution in [2.24, 2.45) is 0 Å². The molecule has 138 valence electrons. The Morgan fingerprint density at radius 1 is 1.04 bits per heavy atom. The summed E-state index contributed by atoms with van der Waals surface area (Å²) in [4.78, 5) is 6.23. The molecule has 3 heterocycles. The molecule has 0 amide bonds. The number of para-hydroxylation sites is 1. The Morgan fingerprint density at radius 3 is 2.82 bits per heavy atom. The summed E-state index contributed by atoms with van der Waals surface area (Å²) < 4.78 is 1.79. The van der Waals surface area contributed by atoms with Gasteiger partial charge < -0.3 is 5.32 Å². The van der Waals surface area contributed by atoms with E-state index in [0.29, 0.717) is 10.7 Å². The molecule has 5 rings (SSSR count). The van der Waals surface area contributed by atoms with Crippen molar-refractivity contribution in [3.63, 3.8) is 0 Å². The number of benzene rings is 2. The quantitative estimate of drug-likeness (QED) is 0.430. The normalized spacial score (nSPS) is 11.3. The molecule has 0 saturated heterocycles. The maximum absolute atomic E-state index is 6.17. The highest BCUT2D eigenvalue weighted by molar-refractivity contribution is 7.09. The van der Waals surface area contributed by atoms with Gasteiger partial charge in [0, 0.05) is 27.4 Å². The van der Waals surface area contributed by atoms with Crippen LogP contribution in [0.2, 0.25) is 5.02 Å². The summed E-state index contributed by atoms with van der Waals surface area (Å²) in [6, 6.07) is 19.9. The minimum atomic E-state index is 0.661. The Morgan fingerprint density at radius 2 is 1.96 bits per heavy atom. The fourth-order valence-electron chi connectivity index (χ4n) is 3.28. The van der Waals surface area contributed by atoms with Crippen molar-refractivity contribution in [1.82, 2.24) is 19.8 Å². The number of hydrogen-bond acceptors (Lipinski definition) is 5. The molecule has 5 nitrogen and oxygen atoms in total. The molecule has 0 radical (unpaired) electrons. The maximum Gasteiger partial charge on any atom is 0.186 e. The topological polar surface area (TPSA) is 55.1 Å². The van der Waals surface area contributed by atoms with Crippen molar-refractivity contribution in [3.05, 3.63) is 75.9 Å². The number of nitrogens with one attached hydrogen (secondary N) is 1. The molecule has 0 unspecified atom stereocenters. The van der Waals surface area contributed by atoms with Crippen molar-refractivity contribution in [3.8, 4) is 11.3 Å². The molecule has 5 aromatic rings. The van der Waals surface area contributed by atoms with Crippen molar-refractivity contribution in [2.45, 2.75) is 6.42 Å². The van der Waals surface area contributed by atoms with Crippen molar-refractivity contribution in [2.75, 3.05) is 11.9 Å². The lowest BCUT2D eigenvalue weighted by Gasteiger charge is -2.10. The lowest BCUT2D eigenvalue weighted by atomic mass is 10.1. The molecule has 0 saturated carbocycles. The zero-order valence-electron chi connectivity index (χ0n) is 14.8. The van der Waals surface area contributed by atoms with Gasteiger partial charge in [-0.25, -0.2) is 4.98 Å². The number of halogens is 1. The molecule has 28 heavy (non-hydrogen) atoms. The van der Waals surface area contributed by atoms with E-state index in [-0.39, 0.29) is 0 Å². The van der Waals surface area contributed by atoms with Gasteiger partial charge in [0.15, 0.2) is 5.65 Å². The van der Waals surface area contributed by atoms with E-state index in [1.165, 1.54) is 4.88 Å². The lowest BCUT2D eigenvalue weighted by molar-refractivity contribution is 0.876. The standard InChI is InChI=1S/C21H16ClN5S/c22-15-6-3-5-14(13-15)19-21-24-20(23-11-10-16-7-4-12-28-16)17-8-1-2-9-18(17)27(21)26-25-19/h1-9,12-13H,10-11H2,(H,23,24). The molecule has 7 heteroatoms. The Kier molecular flexibility index (Phi) is 4.43. The highest BCUT2D eigenvalue weighted by atomic mass is 35.5. The van der Waals surface area contributed by atoms with Gasteiger partial charge >= 0.3 is 0 Å². The van der Waals surface area contributed by atoms with Crippen LogP contribution in [0.15, 0.2) is 66.0 Å². The zero-order chi connectivity index (χ0) is 18.9. The number of nitrogens with zero attached hydrogens (tertiary/aromatic N) is 4. The van der Waals surface area contributed by atoms with Crippen LogP contribution in [0.4, 0.5) is 5.82 Å². The van der Waals surface area contributed by atoms with E-state index < -0.39 is 0 Å². The van der Waals surface area contributed by atoms with Crippen molar-refractivity contribution >= 4 is 45.3 Å². The summed E-state index contributed by atoms with van der Waals surface area (Å²) in [5, 5.41) is 16.0. The van der Waals surface area contributed by atoms with Gasteiger partial charge in [0.25, 0.3) is 0 Å². The first-order chi connectivity index (χ1) is 13.8. The monoisotopic (exact) mass is 405 g/mol. The SMILES string of the molecule is Clc1cccc(-c2nnn3c2nc(NCCc2cccs2)c2ccccc23)c1. The van der Waals surface area contributed by atoms with E-state index in [1.807, 2.05) is 42.5 Å². The molecule has 0 atom stereocenters. The summed E-state index contributed by atoms with van der Waals surface area (Å²) in [7, 11) is 0. The number of thiophene rings is 1. The van der Waals surface area contributed by atoms with Crippen LogP contribution in [0.5, 0.6) is 0 Å². The number of aromatic nitrogens is 4. The van der Waals surface area contributed by atoms with Crippen molar-refractivity contribution < 1.29 is 0 Å². The van der Waals surface area contributed by atoms with Crippen LogP contribution in [0.25, 0.3) is 27.8 Å². The predicted molar refractivity (Wildman–Crippen MR) is 115 cm³/mol.